The number of rotatable bonds is 6. The van der Waals surface area contributed by atoms with E-state index in [1.54, 1.807) is 24.3 Å². The Morgan fingerprint density at radius 2 is 2.09 bits per heavy atom. The number of nitrogens with one attached hydrogen (secondary N) is 2. The van der Waals surface area contributed by atoms with E-state index in [1.807, 2.05) is 7.05 Å². The zero-order chi connectivity index (χ0) is 15.2. The molecular weight excluding hydrogens is 326 g/mol. The van der Waals surface area contributed by atoms with E-state index < -0.39 is 0 Å². The lowest BCUT2D eigenvalue weighted by Gasteiger charge is -2.13. The van der Waals surface area contributed by atoms with E-state index in [0.29, 0.717) is 18.7 Å². The van der Waals surface area contributed by atoms with Gasteiger partial charge in [0.2, 0.25) is 5.91 Å². The van der Waals surface area contributed by atoms with Crippen molar-refractivity contribution in [1.82, 2.24) is 15.5 Å². The average Bonchev–Trinajstić information content (AvgIpc) is 2.80. The Bertz CT molecular complexity index is 552. The molecule has 0 saturated carbocycles. The van der Waals surface area contributed by atoms with Crippen molar-refractivity contribution in [2.75, 3.05) is 25.9 Å². The van der Waals surface area contributed by atoms with Gasteiger partial charge in [-0.3, -0.25) is 19.3 Å². The predicted octanol–water partition coefficient (Wildman–Crippen LogP) is 1.25. The summed E-state index contributed by atoms with van der Waals surface area (Å²) in [6, 6.07) is 6.97. The third-order valence-corrected chi connectivity index (χ3v) is 3.89. The third-order valence-electron chi connectivity index (χ3n) is 3.03. The topological polar surface area (TPSA) is 78.5 Å². The van der Waals surface area contributed by atoms with Crippen molar-refractivity contribution in [3.8, 4) is 0 Å². The highest BCUT2D eigenvalue weighted by Crippen LogP contribution is 2.21. The highest BCUT2D eigenvalue weighted by molar-refractivity contribution is 8.14. The summed E-state index contributed by atoms with van der Waals surface area (Å²) in [5.41, 5.74) is 1.29. The van der Waals surface area contributed by atoms with Crippen LogP contribution in [0.5, 0.6) is 0 Å². The first-order chi connectivity index (χ1) is 10.1. The largest absolute Gasteiger partial charge is 0.351 e. The summed E-state index contributed by atoms with van der Waals surface area (Å²) >= 11 is 1.01. The Labute approximate surface area is 139 Å². The van der Waals surface area contributed by atoms with Gasteiger partial charge >= 0.3 is 0 Å². The fourth-order valence-electron chi connectivity index (χ4n) is 1.93. The quantitative estimate of drug-likeness (QED) is 0.760. The number of hydrogen-bond donors (Lipinski definition) is 2. The second-order valence-electron chi connectivity index (χ2n) is 4.59. The Balaban J connectivity index is 0.00000242. The molecule has 1 saturated heterocycles. The smallest absolute Gasteiger partial charge is 0.289 e. The Hall–Kier alpha value is -1.57. The van der Waals surface area contributed by atoms with Crippen LogP contribution in [0.1, 0.15) is 15.9 Å². The monoisotopic (exact) mass is 343 g/mol. The lowest BCUT2D eigenvalue weighted by Crippen LogP contribution is -2.31. The maximum absolute atomic E-state index is 11.9. The molecule has 0 radical (unpaired) electrons. The van der Waals surface area contributed by atoms with Crippen LogP contribution >= 0.6 is 24.2 Å². The van der Waals surface area contributed by atoms with Crippen molar-refractivity contribution >= 4 is 41.2 Å². The van der Waals surface area contributed by atoms with Gasteiger partial charge in [-0.05, 0) is 24.7 Å². The van der Waals surface area contributed by atoms with Gasteiger partial charge in [0.25, 0.3) is 11.1 Å². The second-order valence-corrected chi connectivity index (χ2v) is 5.52. The minimum absolute atomic E-state index is 0. The van der Waals surface area contributed by atoms with Crippen molar-refractivity contribution in [3.63, 3.8) is 0 Å². The second kappa shape index (κ2) is 8.77. The van der Waals surface area contributed by atoms with Crippen molar-refractivity contribution < 1.29 is 14.4 Å². The number of hydrogen-bond acceptors (Lipinski definition) is 5. The summed E-state index contributed by atoms with van der Waals surface area (Å²) in [4.78, 5) is 36.3. The van der Waals surface area contributed by atoms with Crippen LogP contribution in [0.4, 0.5) is 4.79 Å². The van der Waals surface area contributed by atoms with Crippen LogP contribution in [0.25, 0.3) is 0 Å². The summed E-state index contributed by atoms with van der Waals surface area (Å²) in [5.74, 6) is -0.155. The van der Waals surface area contributed by atoms with Crippen LogP contribution in [0.3, 0.4) is 0 Å². The number of carbonyl (C=O) groups is 3. The maximum atomic E-state index is 11.9. The highest BCUT2D eigenvalue weighted by atomic mass is 35.5. The normalized spacial score (nSPS) is 14.0. The SMILES string of the molecule is CNCCNC(=O)c1cccc(CN2C(=O)CSC2=O)c1.Cl. The number of thioether (sulfide) groups is 1. The fraction of sp³-hybridized carbons (Fsp3) is 0.357. The molecule has 0 bridgehead atoms. The maximum Gasteiger partial charge on any atom is 0.289 e. The van der Waals surface area contributed by atoms with Gasteiger partial charge in [-0.1, -0.05) is 23.9 Å². The zero-order valence-corrected chi connectivity index (χ0v) is 13.8. The van der Waals surface area contributed by atoms with E-state index >= 15 is 0 Å². The van der Waals surface area contributed by atoms with E-state index in [4.69, 9.17) is 0 Å². The molecule has 6 nitrogen and oxygen atoms in total. The molecule has 0 atom stereocenters. The van der Waals surface area contributed by atoms with Gasteiger partial charge in [0, 0.05) is 18.7 Å². The average molecular weight is 344 g/mol. The number of benzene rings is 1. The molecule has 1 aromatic rings. The summed E-state index contributed by atoms with van der Waals surface area (Å²) < 4.78 is 0. The first-order valence-corrected chi connectivity index (χ1v) is 7.59. The van der Waals surface area contributed by atoms with Gasteiger partial charge in [-0.2, -0.15) is 0 Å². The minimum Gasteiger partial charge on any atom is -0.351 e. The van der Waals surface area contributed by atoms with Gasteiger partial charge in [0.05, 0.1) is 12.3 Å². The number of amides is 3. The number of halogens is 1. The molecule has 1 aliphatic heterocycles. The molecule has 2 N–H and O–H groups in total. The molecule has 0 unspecified atom stereocenters. The molecule has 3 amide bonds. The van der Waals surface area contributed by atoms with E-state index in [-0.39, 0.29) is 41.8 Å². The zero-order valence-electron chi connectivity index (χ0n) is 12.1. The molecule has 2 rings (SSSR count). The molecule has 0 aliphatic carbocycles. The molecular formula is C14H18ClN3O3S. The van der Waals surface area contributed by atoms with E-state index in [9.17, 15) is 14.4 Å². The standard InChI is InChI=1S/C14H17N3O3S.ClH/c1-15-5-6-16-13(19)11-4-2-3-10(7-11)8-17-12(18)9-21-14(17)20;/h2-4,7,15H,5-6,8-9H2,1H3,(H,16,19);1H. The van der Waals surface area contributed by atoms with Crippen LogP contribution in [0, 0.1) is 0 Å². The molecule has 120 valence electrons. The summed E-state index contributed by atoms with van der Waals surface area (Å²) in [5, 5.41) is 5.50. The Morgan fingerprint density at radius 1 is 1.32 bits per heavy atom. The van der Waals surface area contributed by atoms with Crippen molar-refractivity contribution in [2.45, 2.75) is 6.54 Å². The molecule has 8 heteroatoms. The first kappa shape index (κ1) is 18.5. The molecule has 1 aromatic carbocycles. The Kier molecular flexibility index (Phi) is 7.37. The van der Waals surface area contributed by atoms with Crippen molar-refractivity contribution in [2.24, 2.45) is 0 Å². The highest BCUT2D eigenvalue weighted by Gasteiger charge is 2.29. The van der Waals surface area contributed by atoms with E-state index in [2.05, 4.69) is 10.6 Å². The third kappa shape index (κ3) is 4.72. The number of imide groups is 1. The van der Waals surface area contributed by atoms with Gasteiger partial charge in [0.1, 0.15) is 0 Å². The molecule has 0 spiro atoms. The first-order valence-electron chi connectivity index (χ1n) is 6.60. The lowest BCUT2D eigenvalue weighted by molar-refractivity contribution is -0.125. The van der Waals surface area contributed by atoms with E-state index in [0.717, 1.165) is 17.3 Å². The number of carbonyl (C=O) groups excluding carboxylic acids is 3. The Morgan fingerprint density at radius 3 is 2.73 bits per heavy atom. The van der Waals surface area contributed by atoms with Crippen molar-refractivity contribution in [3.05, 3.63) is 35.4 Å². The van der Waals surface area contributed by atoms with E-state index in [1.165, 1.54) is 4.90 Å². The molecule has 1 aliphatic rings. The summed E-state index contributed by atoms with van der Waals surface area (Å²) in [7, 11) is 1.81. The number of nitrogens with zero attached hydrogens (tertiary/aromatic N) is 1. The van der Waals surface area contributed by atoms with Gasteiger partial charge in [0.15, 0.2) is 0 Å². The predicted molar refractivity (Wildman–Crippen MR) is 88.4 cm³/mol. The number of likely N-dealkylation sites (N-methyl/N-ethyl adjacent to an activating group) is 1. The van der Waals surface area contributed by atoms with Crippen LogP contribution < -0.4 is 10.6 Å². The fourth-order valence-corrected chi connectivity index (χ4v) is 2.66. The van der Waals surface area contributed by atoms with Crippen LogP contribution in [-0.4, -0.2) is 47.8 Å². The van der Waals surface area contributed by atoms with Crippen LogP contribution in [0.15, 0.2) is 24.3 Å². The minimum atomic E-state index is -0.233. The van der Waals surface area contributed by atoms with Gasteiger partial charge in [-0.25, -0.2) is 0 Å². The summed E-state index contributed by atoms with van der Waals surface area (Å²) in [6.07, 6.45) is 0. The van der Waals surface area contributed by atoms with Crippen LogP contribution in [-0.2, 0) is 11.3 Å². The molecule has 1 fully saturated rings. The van der Waals surface area contributed by atoms with Crippen molar-refractivity contribution in [1.29, 1.82) is 0 Å². The lowest BCUT2D eigenvalue weighted by atomic mass is 10.1. The van der Waals surface area contributed by atoms with Gasteiger partial charge < -0.3 is 10.6 Å². The molecule has 1 heterocycles. The summed E-state index contributed by atoms with van der Waals surface area (Å²) in [6.45, 7) is 1.45. The van der Waals surface area contributed by atoms with Gasteiger partial charge in [-0.15, -0.1) is 12.4 Å². The molecule has 22 heavy (non-hydrogen) atoms. The molecule has 0 aromatic heterocycles. The van der Waals surface area contributed by atoms with Crippen LogP contribution in [0.2, 0.25) is 0 Å².